The number of carboxylic acids is 1. The summed E-state index contributed by atoms with van der Waals surface area (Å²) >= 11 is 6.45. The molecule has 0 saturated carbocycles. The van der Waals surface area contributed by atoms with Crippen molar-refractivity contribution in [1.82, 2.24) is 15.2 Å². The molecule has 1 unspecified atom stereocenters. The molecule has 0 saturated heterocycles. The van der Waals surface area contributed by atoms with Gasteiger partial charge in [0.1, 0.15) is 5.75 Å². The van der Waals surface area contributed by atoms with Crippen LogP contribution >= 0.6 is 24.0 Å². The smallest absolute Gasteiger partial charge is 0.305 e. The van der Waals surface area contributed by atoms with Crippen molar-refractivity contribution in [3.05, 3.63) is 70.9 Å². The third kappa shape index (κ3) is 8.95. The number of ether oxygens (including phenoxy) is 1. The fourth-order valence-electron chi connectivity index (χ4n) is 4.10. The summed E-state index contributed by atoms with van der Waals surface area (Å²) in [6.45, 7) is 7.20. The van der Waals surface area contributed by atoms with Gasteiger partial charge < -0.3 is 20.1 Å². The topological polar surface area (TPSA) is 91.8 Å². The van der Waals surface area contributed by atoms with E-state index >= 15 is 0 Å². The lowest BCUT2D eigenvalue weighted by atomic mass is 9.95. The van der Waals surface area contributed by atoms with E-state index in [9.17, 15) is 14.7 Å². The summed E-state index contributed by atoms with van der Waals surface area (Å²) in [5, 5.41) is 12.6. The van der Waals surface area contributed by atoms with E-state index in [0.717, 1.165) is 40.9 Å². The Morgan fingerprint density at radius 1 is 1.10 bits per heavy atom. The van der Waals surface area contributed by atoms with E-state index in [1.807, 2.05) is 71.3 Å². The maximum atomic E-state index is 13.2. The maximum Gasteiger partial charge on any atom is 0.305 e. The van der Waals surface area contributed by atoms with Crippen LogP contribution in [0.4, 0.5) is 0 Å². The van der Waals surface area contributed by atoms with Gasteiger partial charge in [-0.3, -0.25) is 14.6 Å². The lowest BCUT2D eigenvalue weighted by molar-refractivity contribution is -0.137. The SMILES string of the molecule is Cc1ccccc1-c1ncc(C(=O)NC(CC(=O)O)C(C)C)cc1-c1ccc(Cl)c(OCCCN(C)C)c1.Cl. The van der Waals surface area contributed by atoms with Gasteiger partial charge in [-0.05, 0) is 62.7 Å². The third-order valence-electron chi connectivity index (χ3n) is 6.32. The minimum atomic E-state index is -0.961. The molecule has 39 heavy (non-hydrogen) atoms. The van der Waals surface area contributed by atoms with Crippen molar-refractivity contribution in [3.63, 3.8) is 0 Å². The second-order valence-corrected chi connectivity index (χ2v) is 10.4. The Kier molecular flexibility index (Phi) is 12.2. The molecule has 3 aromatic rings. The first kappa shape index (κ1) is 32.1. The van der Waals surface area contributed by atoms with E-state index in [0.29, 0.717) is 22.9 Å². The molecule has 7 nitrogen and oxygen atoms in total. The quantitative estimate of drug-likeness (QED) is 0.245. The van der Waals surface area contributed by atoms with E-state index in [2.05, 4.69) is 10.2 Å². The highest BCUT2D eigenvalue weighted by molar-refractivity contribution is 6.32. The molecule has 0 radical (unpaired) electrons. The highest BCUT2D eigenvalue weighted by atomic mass is 35.5. The van der Waals surface area contributed by atoms with Crippen LogP contribution in [0.25, 0.3) is 22.4 Å². The number of nitrogens with zero attached hydrogens (tertiary/aromatic N) is 2. The minimum absolute atomic E-state index is 0. The van der Waals surface area contributed by atoms with E-state index in [4.69, 9.17) is 21.3 Å². The molecule has 1 heterocycles. The molecule has 2 aromatic carbocycles. The molecule has 0 fully saturated rings. The zero-order valence-corrected chi connectivity index (χ0v) is 24.6. The predicted octanol–water partition coefficient (Wildman–Crippen LogP) is 6.36. The Balaban J connectivity index is 0.00000533. The highest BCUT2D eigenvalue weighted by Crippen LogP contribution is 2.36. The average molecular weight is 575 g/mol. The van der Waals surface area contributed by atoms with Crippen molar-refractivity contribution in [1.29, 1.82) is 0 Å². The van der Waals surface area contributed by atoms with Gasteiger partial charge in [0, 0.05) is 29.9 Å². The number of nitrogens with one attached hydrogen (secondary N) is 1. The van der Waals surface area contributed by atoms with Gasteiger partial charge in [0.25, 0.3) is 5.91 Å². The van der Waals surface area contributed by atoms with Gasteiger partial charge in [-0.15, -0.1) is 12.4 Å². The number of aryl methyl sites for hydroxylation is 1. The molecule has 0 aliphatic heterocycles. The summed E-state index contributed by atoms with van der Waals surface area (Å²) < 4.78 is 6.00. The minimum Gasteiger partial charge on any atom is -0.492 e. The summed E-state index contributed by atoms with van der Waals surface area (Å²) in [4.78, 5) is 31.3. The molecule has 0 bridgehead atoms. The normalized spacial score (nSPS) is 11.7. The Hall–Kier alpha value is -3.13. The molecule has 2 N–H and O–H groups in total. The molecule has 1 aromatic heterocycles. The summed E-state index contributed by atoms with van der Waals surface area (Å²) in [5.74, 6) is -0.812. The number of aliphatic carboxylic acids is 1. The summed E-state index contributed by atoms with van der Waals surface area (Å²) in [5.41, 5.74) is 4.63. The molecule has 1 amide bonds. The van der Waals surface area contributed by atoms with Crippen LogP contribution < -0.4 is 10.1 Å². The van der Waals surface area contributed by atoms with Crippen LogP contribution in [-0.4, -0.2) is 60.2 Å². The van der Waals surface area contributed by atoms with Gasteiger partial charge in [0.15, 0.2) is 0 Å². The predicted molar refractivity (Wildman–Crippen MR) is 159 cm³/mol. The van der Waals surface area contributed by atoms with Crippen molar-refractivity contribution < 1.29 is 19.4 Å². The van der Waals surface area contributed by atoms with Gasteiger partial charge >= 0.3 is 5.97 Å². The number of amides is 1. The molecule has 0 aliphatic carbocycles. The number of hydrogen-bond acceptors (Lipinski definition) is 5. The molecule has 3 rings (SSSR count). The summed E-state index contributed by atoms with van der Waals surface area (Å²) in [6.07, 6.45) is 2.23. The molecule has 9 heteroatoms. The van der Waals surface area contributed by atoms with E-state index in [1.165, 1.54) is 6.20 Å². The molecular weight excluding hydrogens is 537 g/mol. The number of benzene rings is 2. The molecule has 1 atom stereocenters. The van der Waals surface area contributed by atoms with Crippen LogP contribution in [0.3, 0.4) is 0 Å². The third-order valence-corrected chi connectivity index (χ3v) is 6.63. The van der Waals surface area contributed by atoms with Gasteiger partial charge in [-0.25, -0.2) is 0 Å². The van der Waals surface area contributed by atoms with Crippen LogP contribution in [0, 0.1) is 12.8 Å². The monoisotopic (exact) mass is 573 g/mol. The Labute approximate surface area is 242 Å². The highest BCUT2D eigenvalue weighted by Gasteiger charge is 2.22. The number of carbonyl (C=O) groups is 2. The fraction of sp³-hybridized carbons (Fsp3) is 0.367. The first-order valence-electron chi connectivity index (χ1n) is 12.7. The molecular formula is C30H37Cl2N3O4. The van der Waals surface area contributed by atoms with Crippen molar-refractivity contribution >= 4 is 35.9 Å². The lowest BCUT2D eigenvalue weighted by Gasteiger charge is -2.21. The average Bonchev–Trinajstić information content (AvgIpc) is 2.86. The summed E-state index contributed by atoms with van der Waals surface area (Å²) in [6, 6.07) is 14.8. The Morgan fingerprint density at radius 3 is 2.46 bits per heavy atom. The molecule has 0 aliphatic rings. The number of pyridine rings is 1. The van der Waals surface area contributed by atoms with Crippen molar-refractivity contribution in [2.45, 2.75) is 39.7 Å². The van der Waals surface area contributed by atoms with E-state index in [-0.39, 0.29) is 30.7 Å². The lowest BCUT2D eigenvalue weighted by Crippen LogP contribution is -2.40. The second-order valence-electron chi connectivity index (χ2n) is 10.0. The first-order chi connectivity index (χ1) is 18.1. The largest absolute Gasteiger partial charge is 0.492 e. The van der Waals surface area contributed by atoms with Crippen LogP contribution in [0.1, 0.15) is 42.6 Å². The van der Waals surface area contributed by atoms with E-state index < -0.39 is 12.0 Å². The second kappa shape index (κ2) is 14.9. The standard InChI is InChI=1S/C30H36ClN3O4.ClH/c1-19(2)26(17-28(35)36)33-30(37)22-15-24(29(32-18-22)23-10-7-6-9-20(23)3)21-11-12-25(31)27(16-21)38-14-8-13-34(4)5;/h6-7,9-12,15-16,18-19,26H,8,13-14,17H2,1-5H3,(H,33,37)(H,35,36);1H. The van der Waals surface area contributed by atoms with Gasteiger partial charge in [-0.1, -0.05) is 55.8 Å². The van der Waals surface area contributed by atoms with Crippen LogP contribution in [0.15, 0.2) is 54.7 Å². The van der Waals surface area contributed by atoms with Crippen LogP contribution in [0.2, 0.25) is 5.02 Å². The molecule has 0 spiro atoms. The zero-order valence-electron chi connectivity index (χ0n) is 23.0. The Bertz CT molecular complexity index is 1280. The van der Waals surface area contributed by atoms with E-state index in [1.54, 1.807) is 12.1 Å². The Morgan fingerprint density at radius 2 is 1.82 bits per heavy atom. The maximum absolute atomic E-state index is 13.2. The van der Waals surface area contributed by atoms with Gasteiger partial charge in [0.2, 0.25) is 0 Å². The number of hydrogen-bond donors (Lipinski definition) is 2. The number of halogens is 2. The van der Waals surface area contributed by atoms with Crippen LogP contribution in [0.5, 0.6) is 5.75 Å². The van der Waals surface area contributed by atoms with Gasteiger partial charge in [-0.2, -0.15) is 0 Å². The van der Waals surface area contributed by atoms with Crippen molar-refractivity contribution in [2.75, 3.05) is 27.2 Å². The number of aromatic nitrogens is 1. The number of carbonyl (C=O) groups excluding carboxylic acids is 1. The zero-order chi connectivity index (χ0) is 27.8. The number of carboxylic acid groups (broad SMARTS) is 1. The van der Waals surface area contributed by atoms with Crippen molar-refractivity contribution in [3.8, 4) is 28.1 Å². The van der Waals surface area contributed by atoms with Crippen LogP contribution in [-0.2, 0) is 4.79 Å². The first-order valence-corrected chi connectivity index (χ1v) is 13.1. The fourth-order valence-corrected chi connectivity index (χ4v) is 4.27. The summed E-state index contributed by atoms with van der Waals surface area (Å²) in [7, 11) is 4.03. The van der Waals surface area contributed by atoms with Gasteiger partial charge in [0.05, 0.1) is 29.3 Å². The molecule has 210 valence electrons. The van der Waals surface area contributed by atoms with Crippen molar-refractivity contribution in [2.24, 2.45) is 5.92 Å². The number of rotatable bonds is 12.